The first-order valence-electron chi connectivity index (χ1n) is 4.64. The summed E-state index contributed by atoms with van der Waals surface area (Å²) in [6.45, 7) is 1.29. The SMILES string of the molecule is CNC1CCCN(C(=O)CS(=O)[O-])C1. The summed E-state index contributed by atoms with van der Waals surface area (Å²) in [6.07, 6.45) is 1.98. The molecule has 0 saturated carbocycles. The van der Waals surface area contributed by atoms with E-state index in [1.165, 1.54) is 0 Å². The Kier molecular flexibility index (Phi) is 4.50. The molecule has 5 nitrogen and oxygen atoms in total. The highest BCUT2D eigenvalue weighted by atomic mass is 32.2. The van der Waals surface area contributed by atoms with Gasteiger partial charge in [0.05, 0.1) is 5.75 Å². The van der Waals surface area contributed by atoms with E-state index < -0.39 is 16.8 Å². The molecule has 2 unspecified atom stereocenters. The van der Waals surface area contributed by atoms with E-state index in [9.17, 15) is 13.6 Å². The number of hydrogen-bond acceptors (Lipinski definition) is 4. The molecule has 2 atom stereocenters. The predicted octanol–water partition coefficient (Wildman–Crippen LogP) is -0.924. The molecule has 0 aromatic carbocycles. The average Bonchev–Trinajstić information content (AvgIpc) is 2.17. The molecular weight excluding hydrogens is 204 g/mol. The van der Waals surface area contributed by atoms with Gasteiger partial charge in [-0.15, -0.1) is 0 Å². The summed E-state index contributed by atoms with van der Waals surface area (Å²) in [4.78, 5) is 13.0. The Balaban J connectivity index is 2.43. The number of likely N-dealkylation sites (tertiary alicyclic amines) is 1. The van der Waals surface area contributed by atoms with Crippen molar-refractivity contribution in [1.82, 2.24) is 10.2 Å². The van der Waals surface area contributed by atoms with Crippen LogP contribution in [0.1, 0.15) is 12.8 Å². The van der Waals surface area contributed by atoms with Gasteiger partial charge in [-0.1, -0.05) is 0 Å². The molecule has 1 amide bonds. The molecule has 0 aliphatic carbocycles. The minimum absolute atomic E-state index is 0.293. The maximum atomic E-state index is 11.4. The van der Waals surface area contributed by atoms with Crippen LogP contribution in [0.2, 0.25) is 0 Å². The molecule has 1 rings (SSSR count). The largest absolute Gasteiger partial charge is 0.772 e. The number of amides is 1. The van der Waals surface area contributed by atoms with E-state index in [1.54, 1.807) is 4.90 Å². The molecule has 1 saturated heterocycles. The van der Waals surface area contributed by atoms with Crippen LogP contribution in [0.3, 0.4) is 0 Å². The van der Waals surface area contributed by atoms with Gasteiger partial charge in [0.1, 0.15) is 0 Å². The second-order valence-corrected chi connectivity index (χ2v) is 4.31. The molecule has 0 aromatic heterocycles. The number of nitrogens with one attached hydrogen (secondary N) is 1. The van der Waals surface area contributed by atoms with Gasteiger partial charge in [0.2, 0.25) is 5.91 Å². The van der Waals surface area contributed by atoms with Gasteiger partial charge in [0.15, 0.2) is 0 Å². The lowest BCUT2D eigenvalue weighted by Gasteiger charge is -2.32. The topological polar surface area (TPSA) is 72.5 Å². The monoisotopic (exact) mass is 219 g/mol. The third kappa shape index (κ3) is 3.36. The number of nitrogens with zero attached hydrogens (tertiary/aromatic N) is 1. The lowest BCUT2D eigenvalue weighted by Crippen LogP contribution is -2.48. The smallest absolute Gasteiger partial charge is 0.234 e. The number of carbonyl (C=O) groups excluding carboxylic acids is 1. The fourth-order valence-corrected chi connectivity index (χ4v) is 2.02. The van der Waals surface area contributed by atoms with Crippen LogP contribution in [0.15, 0.2) is 0 Å². The van der Waals surface area contributed by atoms with Gasteiger partial charge in [-0.3, -0.25) is 9.00 Å². The molecule has 6 heteroatoms. The van der Waals surface area contributed by atoms with E-state index in [1.807, 2.05) is 7.05 Å². The first-order valence-corrected chi connectivity index (χ1v) is 5.88. The van der Waals surface area contributed by atoms with Crippen molar-refractivity contribution in [2.75, 3.05) is 25.9 Å². The van der Waals surface area contributed by atoms with Gasteiger partial charge >= 0.3 is 0 Å². The van der Waals surface area contributed by atoms with Gasteiger partial charge in [-0.25, -0.2) is 0 Å². The number of likely N-dealkylation sites (N-methyl/N-ethyl adjacent to an activating group) is 1. The molecule has 0 bridgehead atoms. The van der Waals surface area contributed by atoms with Gasteiger partial charge in [0.25, 0.3) is 0 Å². The Morgan fingerprint density at radius 2 is 2.43 bits per heavy atom. The molecule has 0 spiro atoms. The molecule has 1 N–H and O–H groups in total. The molecule has 1 fully saturated rings. The van der Waals surface area contributed by atoms with Crippen LogP contribution >= 0.6 is 0 Å². The number of carbonyl (C=O) groups is 1. The summed E-state index contributed by atoms with van der Waals surface area (Å²) in [5, 5.41) is 3.09. The minimum Gasteiger partial charge on any atom is -0.772 e. The Morgan fingerprint density at radius 3 is 3.00 bits per heavy atom. The molecule has 0 radical (unpaired) electrons. The summed E-state index contributed by atoms with van der Waals surface area (Å²) in [5.41, 5.74) is 0. The van der Waals surface area contributed by atoms with Crippen molar-refractivity contribution in [3.8, 4) is 0 Å². The third-order valence-electron chi connectivity index (χ3n) is 2.42. The van der Waals surface area contributed by atoms with Crippen molar-refractivity contribution in [1.29, 1.82) is 0 Å². The lowest BCUT2D eigenvalue weighted by atomic mass is 10.1. The summed E-state index contributed by atoms with van der Waals surface area (Å²) < 4.78 is 20.7. The summed E-state index contributed by atoms with van der Waals surface area (Å²) in [6, 6.07) is 0.299. The van der Waals surface area contributed by atoms with Crippen LogP contribution in [-0.4, -0.2) is 51.5 Å². The van der Waals surface area contributed by atoms with E-state index in [-0.39, 0.29) is 5.91 Å². The van der Waals surface area contributed by atoms with Crippen molar-refractivity contribution < 1.29 is 13.6 Å². The van der Waals surface area contributed by atoms with Crippen LogP contribution in [0.25, 0.3) is 0 Å². The molecule has 14 heavy (non-hydrogen) atoms. The Bertz CT molecular complexity index is 235. The normalized spacial score (nSPS) is 24.7. The maximum Gasteiger partial charge on any atom is 0.234 e. The van der Waals surface area contributed by atoms with Crippen LogP contribution < -0.4 is 5.32 Å². The Hall–Kier alpha value is -0.460. The first kappa shape index (κ1) is 11.6. The van der Waals surface area contributed by atoms with Gasteiger partial charge < -0.3 is 14.8 Å². The van der Waals surface area contributed by atoms with Crippen LogP contribution in [0.5, 0.6) is 0 Å². The van der Waals surface area contributed by atoms with Gasteiger partial charge in [-0.2, -0.15) is 0 Å². The zero-order valence-corrected chi connectivity index (χ0v) is 9.01. The number of piperidine rings is 1. The number of hydrogen-bond donors (Lipinski definition) is 1. The molecule has 82 valence electrons. The van der Waals surface area contributed by atoms with Crippen LogP contribution in [0.4, 0.5) is 0 Å². The molecule has 1 aliphatic heterocycles. The van der Waals surface area contributed by atoms with E-state index in [0.717, 1.165) is 12.8 Å². The maximum absolute atomic E-state index is 11.4. The van der Waals surface area contributed by atoms with Crippen molar-refractivity contribution >= 4 is 17.0 Å². The molecule has 1 aliphatic rings. The first-order chi connectivity index (χ1) is 6.63. The van der Waals surface area contributed by atoms with Crippen molar-refractivity contribution in [3.05, 3.63) is 0 Å². The molecule has 1 heterocycles. The van der Waals surface area contributed by atoms with Crippen molar-refractivity contribution in [2.24, 2.45) is 0 Å². The zero-order valence-electron chi connectivity index (χ0n) is 8.19. The highest BCUT2D eigenvalue weighted by Gasteiger charge is 2.22. The van der Waals surface area contributed by atoms with E-state index in [2.05, 4.69) is 5.32 Å². The van der Waals surface area contributed by atoms with Gasteiger partial charge in [-0.05, 0) is 31.0 Å². The third-order valence-corrected chi connectivity index (χ3v) is 2.91. The molecule has 0 aromatic rings. The van der Waals surface area contributed by atoms with E-state index >= 15 is 0 Å². The van der Waals surface area contributed by atoms with Gasteiger partial charge in [0, 0.05) is 19.1 Å². The Labute approximate surface area is 86.1 Å². The summed E-state index contributed by atoms with van der Waals surface area (Å²) in [5.74, 6) is -0.686. The summed E-state index contributed by atoms with van der Waals surface area (Å²) in [7, 11) is 1.85. The highest BCUT2D eigenvalue weighted by Crippen LogP contribution is 2.09. The second kappa shape index (κ2) is 5.43. The standard InChI is InChI=1S/C8H16N2O3S/c1-9-7-3-2-4-10(5-7)8(11)6-14(12)13/h7,9H,2-6H2,1H3,(H,12,13)/p-1. The quantitative estimate of drug-likeness (QED) is 0.623. The fourth-order valence-electron chi connectivity index (χ4n) is 1.63. The second-order valence-electron chi connectivity index (χ2n) is 3.42. The van der Waals surface area contributed by atoms with E-state index in [4.69, 9.17) is 0 Å². The lowest BCUT2D eigenvalue weighted by molar-refractivity contribution is -0.129. The average molecular weight is 219 g/mol. The Morgan fingerprint density at radius 1 is 1.71 bits per heavy atom. The fraction of sp³-hybridized carbons (Fsp3) is 0.875. The van der Waals surface area contributed by atoms with E-state index in [0.29, 0.717) is 19.1 Å². The highest BCUT2D eigenvalue weighted by molar-refractivity contribution is 7.79. The summed E-state index contributed by atoms with van der Waals surface area (Å²) >= 11 is -2.27. The van der Waals surface area contributed by atoms with Crippen molar-refractivity contribution in [3.63, 3.8) is 0 Å². The number of rotatable bonds is 3. The predicted molar refractivity (Wildman–Crippen MR) is 52.4 cm³/mol. The van der Waals surface area contributed by atoms with Crippen LogP contribution in [0, 0.1) is 0 Å². The zero-order chi connectivity index (χ0) is 10.6. The van der Waals surface area contributed by atoms with Crippen LogP contribution in [-0.2, 0) is 15.9 Å². The van der Waals surface area contributed by atoms with Crippen molar-refractivity contribution in [2.45, 2.75) is 18.9 Å². The minimum atomic E-state index is -2.27. The molecular formula is C8H15N2O3S-.